The van der Waals surface area contributed by atoms with Gasteiger partial charge in [0.2, 0.25) is 0 Å². The van der Waals surface area contributed by atoms with Gasteiger partial charge in [-0.2, -0.15) is 0 Å². The number of nitrogens with one attached hydrogen (secondary N) is 1. The Labute approximate surface area is 131 Å². The molecule has 0 spiro atoms. The van der Waals surface area contributed by atoms with Crippen molar-refractivity contribution in [2.45, 2.75) is 0 Å². The summed E-state index contributed by atoms with van der Waals surface area (Å²) in [6.45, 7) is 0. The van der Waals surface area contributed by atoms with Gasteiger partial charge < -0.3 is 15.2 Å². The van der Waals surface area contributed by atoms with Crippen LogP contribution in [0.4, 0.5) is 11.5 Å². The Balaban J connectivity index is 1.90. The van der Waals surface area contributed by atoms with Gasteiger partial charge in [0.25, 0.3) is 0 Å². The van der Waals surface area contributed by atoms with Crippen LogP contribution in [0.2, 0.25) is 0 Å². The molecular formula is C16H13N3O4. The van der Waals surface area contributed by atoms with Crippen molar-refractivity contribution in [1.29, 1.82) is 0 Å². The smallest absolute Gasteiger partial charge is 0.337 e. The van der Waals surface area contributed by atoms with E-state index in [1.54, 1.807) is 40.9 Å². The van der Waals surface area contributed by atoms with Gasteiger partial charge in [0.05, 0.1) is 24.4 Å². The second kappa shape index (κ2) is 5.80. The molecule has 23 heavy (non-hydrogen) atoms. The summed E-state index contributed by atoms with van der Waals surface area (Å²) >= 11 is 0. The third-order valence-corrected chi connectivity index (χ3v) is 3.33. The van der Waals surface area contributed by atoms with Gasteiger partial charge in [-0.15, -0.1) is 0 Å². The molecule has 7 heteroatoms. The molecule has 0 saturated carbocycles. The summed E-state index contributed by atoms with van der Waals surface area (Å²) in [5, 5.41) is 12.2. The summed E-state index contributed by atoms with van der Waals surface area (Å²) in [4.78, 5) is 26.7. The van der Waals surface area contributed by atoms with Crippen molar-refractivity contribution < 1.29 is 19.4 Å². The van der Waals surface area contributed by atoms with E-state index in [1.165, 1.54) is 19.4 Å². The van der Waals surface area contributed by atoms with E-state index in [9.17, 15) is 9.59 Å². The predicted molar refractivity (Wildman–Crippen MR) is 83.2 cm³/mol. The highest BCUT2D eigenvalue weighted by Gasteiger charge is 2.09. The van der Waals surface area contributed by atoms with Crippen LogP contribution in [0.15, 0.2) is 48.8 Å². The molecule has 1 aromatic carbocycles. The molecule has 2 aromatic heterocycles. The lowest BCUT2D eigenvalue weighted by molar-refractivity contribution is 0.0600. The average molecular weight is 311 g/mol. The van der Waals surface area contributed by atoms with E-state index in [2.05, 4.69) is 15.0 Å². The van der Waals surface area contributed by atoms with Gasteiger partial charge in [-0.1, -0.05) is 0 Å². The van der Waals surface area contributed by atoms with E-state index in [0.717, 1.165) is 5.69 Å². The van der Waals surface area contributed by atoms with Crippen LogP contribution in [-0.2, 0) is 4.74 Å². The zero-order valence-electron chi connectivity index (χ0n) is 12.2. The van der Waals surface area contributed by atoms with Crippen LogP contribution in [0, 0.1) is 0 Å². The number of aromatic carboxylic acids is 1. The van der Waals surface area contributed by atoms with Gasteiger partial charge in [0.15, 0.2) is 0 Å². The number of nitrogens with zero attached hydrogens (tertiary/aromatic N) is 2. The maximum Gasteiger partial charge on any atom is 0.337 e. The van der Waals surface area contributed by atoms with Gasteiger partial charge in [-0.25, -0.2) is 14.6 Å². The third-order valence-electron chi connectivity index (χ3n) is 3.33. The van der Waals surface area contributed by atoms with Crippen LogP contribution in [-0.4, -0.2) is 33.5 Å². The highest BCUT2D eigenvalue weighted by Crippen LogP contribution is 2.19. The average Bonchev–Trinajstić information content (AvgIpc) is 2.97. The second-order valence-corrected chi connectivity index (χ2v) is 4.79. The summed E-state index contributed by atoms with van der Waals surface area (Å²) in [6, 6.07) is 9.87. The largest absolute Gasteiger partial charge is 0.478 e. The van der Waals surface area contributed by atoms with Crippen LogP contribution in [0.3, 0.4) is 0 Å². The fourth-order valence-electron chi connectivity index (χ4n) is 2.15. The predicted octanol–water partition coefficient (Wildman–Crippen LogP) is 2.56. The zero-order valence-corrected chi connectivity index (χ0v) is 12.2. The molecule has 3 aromatic rings. The number of hydrogen-bond acceptors (Lipinski definition) is 5. The van der Waals surface area contributed by atoms with Crippen molar-refractivity contribution in [3.05, 3.63) is 59.9 Å². The fourth-order valence-corrected chi connectivity index (χ4v) is 2.15. The highest BCUT2D eigenvalue weighted by molar-refractivity contribution is 5.90. The third kappa shape index (κ3) is 2.84. The molecule has 3 rings (SSSR count). The quantitative estimate of drug-likeness (QED) is 0.719. The first-order valence-corrected chi connectivity index (χ1v) is 6.74. The van der Waals surface area contributed by atoms with Crippen LogP contribution < -0.4 is 5.32 Å². The van der Waals surface area contributed by atoms with E-state index < -0.39 is 11.9 Å². The Morgan fingerprint density at radius 3 is 2.48 bits per heavy atom. The summed E-state index contributed by atoms with van der Waals surface area (Å²) in [7, 11) is 1.33. The molecule has 7 nitrogen and oxygen atoms in total. The molecule has 0 aliphatic heterocycles. The number of anilines is 2. The van der Waals surface area contributed by atoms with E-state index in [4.69, 9.17) is 5.11 Å². The first-order chi connectivity index (χ1) is 11.1. The van der Waals surface area contributed by atoms with Crippen molar-refractivity contribution in [3.63, 3.8) is 0 Å². The van der Waals surface area contributed by atoms with Crippen LogP contribution in [0.5, 0.6) is 0 Å². The van der Waals surface area contributed by atoms with Gasteiger partial charge >= 0.3 is 11.9 Å². The highest BCUT2D eigenvalue weighted by atomic mass is 16.5. The van der Waals surface area contributed by atoms with E-state index in [-0.39, 0.29) is 5.56 Å². The SMILES string of the molecule is COC(=O)c1ccc(Nc2cnc3ccc(C(=O)O)cn23)cc1. The molecule has 0 unspecified atom stereocenters. The molecule has 0 amide bonds. The van der Waals surface area contributed by atoms with Gasteiger partial charge in [0.1, 0.15) is 11.5 Å². The molecule has 0 bridgehead atoms. The standard InChI is InChI=1S/C16H13N3O4/c1-23-16(22)10-2-5-12(6-3-10)18-14-8-17-13-7-4-11(15(20)21)9-19(13)14/h2-9,18H,1H3,(H,20,21). The number of carbonyl (C=O) groups excluding carboxylic acids is 1. The number of fused-ring (bicyclic) bond motifs is 1. The van der Waals surface area contributed by atoms with E-state index in [1.807, 2.05) is 0 Å². The van der Waals surface area contributed by atoms with Crippen LogP contribution in [0.1, 0.15) is 20.7 Å². The Morgan fingerprint density at radius 1 is 1.13 bits per heavy atom. The molecule has 0 atom stereocenters. The van der Waals surface area contributed by atoms with Crippen molar-refractivity contribution in [3.8, 4) is 0 Å². The van der Waals surface area contributed by atoms with Crippen molar-refractivity contribution in [1.82, 2.24) is 9.38 Å². The van der Waals surface area contributed by atoms with Crippen LogP contribution >= 0.6 is 0 Å². The number of hydrogen-bond donors (Lipinski definition) is 2. The summed E-state index contributed by atoms with van der Waals surface area (Å²) in [5.41, 5.74) is 1.98. The van der Waals surface area contributed by atoms with E-state index in [0.29, 0.717) is 17.0 Å². The number of carbonyl (C=O) groups is 2. The Kier molecular flexibility index (Phi) is 3.68. The molecule has 116 valence electrons. The topological polar surface area (TPSA) is 92.9 Å². The number of carboxylic acid groups (broad SMARTS) is 1. The first kappa shape index (κ1) is 14.6. The molecule has 0 fully saturated rings. The minimum Gasteiger partial charge on any atom is -0.478 e. The fraction of sp³-hybridized carbons (Fsp3) is 0.0625. The number of ether oxygens (including phenoxy) is 1. The first-order valence-electron chi connectivity index (χ1n) is 6.74. The summed E-state index contributed by atoms with van der Waals surface area (Å²) in [6.07, 6.45) is 3.10. The normalized spacial score (nSPS) is 10.5. The maximum absolute atomic E-state index is 11.4. The van der Waals surface area contributed by atoms with Crippen molar-refractivity contribution in [2.24, 2.45) is 0 Å². The molecule has 2 heterocycles. The number of benzene rings is 1. The van der Waals surface area contributed by atoms with Gasteiger partial charge in [0, 0.05) is 11.9 Å². The lowest BCUT2D eigenvalue weighted by atomic mass is 10.2. The molecular weight excluding hydrogens is 298 g/mol. The Bertz CT molecular complexity index is 884. The number of methoxy groups -OCH3 is 1. The zero-order chi connectivity index (χ0) is 16.4. The number of carboxylic acids is 1. The monoisotopic (exact) mass is 311 g/mol. The molecule has 0 radical (unpaired) electrons. The number of imidazole rings is 1. The summed E-state index contributed by atoms with van der Waals surface area (Å²) in [5.74, 6) is -0.791. The maximum atomic E-state index is 11.4. The lowest BCUT2D eigenvalue weighted by Crippen LogP contribution is -2.02. The number of pyridine rings is 1. The van der Waals surface area contributed by atoms with Crippen molar-refractivity contribution in [2.75, 3.05) is 12.4 Å². The molecule has 0 aliphatic rings. The Morgan fingerprint density at radius 2 is 1.83 bits per heavy atom. The number of rotatable bonds is 4. The van der Waals surface area contributed by atoms with Crippen molar-refractivity contribution >= 4 is 29.1 Å². The number of esters is 1. The van der Waals surface area contributed by atoms with Gasteiger partial charge in [-0.05, 0) is 36.4 Å². The lowest BCUT2D eigenvalue weighted by Gasteiger charge is -2.07. The summed E-state index contributed by atoms with van der Waals surface area (Å²) < 4.78 is 6.30. The van der Waals surface area contributed by atoms with E-state index >= 15 is 0 Å². The molecule has 0 saturated heterocycles. The Hall–Kier alpha value is -3.35. The molecule has 2 N–H and O–H groups in total. The van der Waals surface area contributed by atoms with Crippen LogP contribution in [0.25, 0.3) is 5.65 Å². The minimum atomic E-state index is -1.01. The number of aromatic nitrogens is 2. The van der Waals surface area contributed by atoms with Gasteiger partial charge in [-0.3, -0.25) is 4.40 Å². The molecule has 0 aliphatic carbocycles. The minimum absolute atomic E-state index is 0.166. The second-order valence-electron chi connectivity index (χ2n) is 4.79.